The lowest BCUT2D eigenvalue weighted by Crippen LogP contribution is -2.57. The fourth-order valence-corrected chi connectivity index (χ4v) is 14.1. The van der Waals surface area contributed by atoms with Gasteiger partial charge in [0.2, 0.25) is 0 Å². The first-order chi connectivity index (χ1) is 30.0. The van der Waals surface area contributed by atoms with Crippen LogP contribution < -0.4 is 20.0 Å². The first-order valence-corrected chi connectivity index (χ1v) is 25.0. The van der Waals surface area contributed by atoms with Crippen molar-refractivity contribution in [2.24, 2.45) is 5.92 Å². The lowest BCUT2D eigenvalue weighted by atomic mass is 9.34. The summed E-state index contributed by atoms with van der Waals surface area (Å²) in [5, 5.41) is 1.40. The van der Waals surface area contributed by atoms with E-state index in [1.807, 2.05) is 0 Å². The van der Waals surface area contributed by atoms with Crippen LogP contribution in [0, 0.1) is 19.8 Å². The van der Waals surface area contributed by atoms with Crippen LogP contribution in [0.1, 0.15) is 148 Å². The van der Waals surface area contributed by atoms with Crippen molar-refractivity contribution >= 4 is 61.1 Å². The minimum absolute atomic E-state index is 0.0137. The fourth-order valence-electron chi connectivity index (χ4n) is 12.8. The van der Waals surface area contributed by atoms with Gasteiger partial charge in [-0.15, -0.1) is 11.3 Å². The average Bonchev–Trinajstić information content (AvgIpc) is 3.59. The molecule has 3 aliphatic heterocycles. The summed E-state index contributed by atoms with van der Waals surface area (Å²) in [6.45, 7) is 34.3. The van der Waals surface area contributed by atoms with Gasteiger partial charge in [0, 0.05) is 43.3 Å². The Kier molecular flexibility index (Phi) is 8.92. The van der Waals surface area contributed by atoms with Crippen molar-refractivity contribution in [2.45, 2.75) is 150 Å². The SMILES string of the molecule is Cc1ccccc1-c1ccc(N2C3=C4B(c5cc6c(cc52)C(C)(C)CCC6(C)C)c2sc5ccc6cc5c2N(C4=CC(C)C3)c2cc(C(C)(C)C)cc(c2)C(C)(C)CC6(C)C)c(C)c1. The maximum absolute atomic E-state index is 2.76. The van der Waals surface area contributed by atoms with Gasteiger partial charge in [0.05, 0.1) is 5.69 Å². The highest BCUT2D eigenvalue weighted by Gasteiger charge is 2.51. The second-order valence-corrected chi connectivity index (χ2v) is 25.3. The zero-order valence-electron chi connectivity index (χ0n) is 41.0. The number of benzene rings is 5. The molecule has 0 fully saturated rings. The van der Waals surface area contributed by atoms with Crippen molar-refractivity contribution in [3.8, 4) is 11.1 Å². The Morgan fingerprint density at radius 1 is 0.672 bits per heavy atom. The lowest BCUT2D eigenvalue weighted by molar-refractivity contribution is 0.332. The highest BCUT2D eigenvalue weighted by molar-refractivity contribution is 7.32. The van der Waals surface area contributed by atoms with Gasteiger partial charge in [-0.3, -0.25) is 0 Å². The molecule has 0 N–H and O–H groups in total. The second-order valence-electron chi connectivity index (χ2n) is 24.2. The third kappa shape index (κ3) is 6.17. The largest absolute Gasteiger partial charge is 0.315 e. The van der Waals surface area contributed by atoms with E-state index < -0.39 is 0 Å². The number of thiophene rings is 1. The molecule has 4 bridgehead atoms. The summed E-state index contributed by atoms with van der Waals surface area (Å²) in [6.07, 6.45) is 7.09. The van der Waals surface area contributed by atoms with Gasteiger partial charge >= 0.3 is 0 Å². The normalized spacial score (nSPS) is 21.0. The molecule has 1 aromatic heterocycles. The molecule has 2 aliphatic carbocycles. The van der Waals surface area contributed by atoms with Crippen LogP contribution in [0.2, 0.25) is 0 Å². The molecule has 0 radical (unpaired) electrons. The summed E-state index contributed by atoms with van der Waals surface area (Å²) in [6, 6.07) is 36.7. The third-order valence-corrected chi connectivity index (χ3v) is 17.7. The lowest BCUT2D eigenvalue weighted by Gasteiger charge is -2.49. The molecule has 1 unspecified atom stereocenters. The van der Waals surface area contributed by atoms with Crippen molar-refractivity contribution in [3.05, 3.63) is 153 Å². The van der Waals surface area contributed by atoms with Gasteiger partial charge in [-0.1, -0.05) is 138 Å². The van der Waals surface area contributed by atoms with Crippen molar-refractivity contribution in [1.29, 1.82) is 0 Å². The molecule has 4 heterocycles. The molecule has 1 atom stereocenters. The summed E-state index contributed by atoms with van der Waals surface area (Å²) in [5.74, 6) is 0.346. The number of rotatable bonds is 2. The molecule has 64 heavy (non-hydrogen) atoms. The number of fused-ring (bicyclic) bond motifs is 9. The molecular weight excluding hydrogens is 792 g/mol. The van der Waals surface area contributed by atoms with Gasteiger partial charge in [-0.25, -0.2) is 0 Å². The minimum Gasteiger partial charge on any atom is -0.315 e. The second kappa shape index (κ2) is 13.6. The summed E-state index contributed by atoms with van der Waals surface area (Å²) < 4.78 is 2.88. The van der Waals surface area contributed by atoms with Gasteiger partial charge < -0.3 is 9.80 Å². The summed E-state index contributed by atoms with van der Waals surface area (Å²) >= 11 is 2.05. The highest BCUT2D eigenvalue weighted by atomic mass is 32.1. The topological polar surface area (TPSA) is 6.48 Å². The van der Waals surface area contributed by atoms with E-state index in [4.69, 9.17) is 0 Å². The minimum atomic E-state index is -0.0481. The Morgan fingerprint density at radius 3 is 2.08 bits per heavy atom. The Hall–Kier alpha value is -4.80. The Balaban J connectivity index is 1.27. The number of hydrogen-bond donors (Lipinski definition) is 0. The molecule has 5 aromatic carbocycles. The molecule has 4 heteroatoms. The first kappa shape index (κ1) is 41.9. The zero-order valence-corrected chi connectivity index (χ0v) is 41.8. The van der Waals surface area contributed by atoms with Crippen LogP contribution in [-0.4, -0.2) is 6.71 Å². The first-order valence-electron chi connectivity index (χ1n) is 24.2. The smallest absolute Gasteiger partial charge is 0.264 e. The van der Waals surface area contributed by atoms with E-state index in [-0.39, 0.29) is 33.8 Å². The van der Waals surface area contributed by atoms with E-state index in [1.165, 1.54) is 123 Å². The summed E-state index contributed by atoms with van der Waals surface area (Å²) in [5.41, 5.74) is 23.8. The number of allylic oxidation sites excluding steroid dienone is 3. The number of nitrogens with zero attached hydrogens (tertiary/aromatic N) is 2. The standard InChI is InChI=1S/C60H67BN2S/c1-35-25-50-53-51(26-35)63(48-21-19-38(27-37(48)3)43-18-16-15-17-36(43)2)49-33-46-45(57(7,8)23-24-58(46,9)10)32-47(49)61(53)55-54-44-31-39(20-22-52(44)64-55)59(11,12)34-60(13,14)41-28-40(56(4,5)6)29-42(30-41)62(50)54/h15-22,25,27-33,35H,23-24,26,34H2,1-14H3. The van der Waals surface area contributed by atoms with Gasteiger partial charge in [-0.05, 0) is 176 Å². The van der Waals surface area contributed by atoms with E-state index in [0.717, 1.165) is 12.8 Å². The monoisotopic (exact) mass is 859 g/mol. The van der Waals surface area contributed by atoms with Crippen molar-refractivity contribution in [2.75, 3.05) is 9.80 Å². The summed E-state index contributed by atoms with van der Waals surface area (Å²) in [7, 11) is 0. The van der Waals surface area contributed by atoms with E-state index in [2.05, 4.69) is 215 Å². The molecule has 0 spiro atoms. The third-order valence-electron chi connectivity index (χ3n) is 16.5. The Bertz CT molecular complexity index is 3050. The van der Waals surface area contributed by atoms with E-state index in [9.17, 15) is 0 Å². The van der Waals surface area contributed by atoms with Gasteiger partial charge in [0.25, 0.3) is 6.71 Å². The van der Waals surface area contributed by atoms with E-state index >= 15 is 0 Å². The van der Waals surface area contributed by atoms with Gasteiger partial charge in [0.1, 0.15) is 0 Å². The van der Waals surface area contributed by atoms with Crippen LogP contribution in [-0.2, 0) is 27.1 Å². The highest BCUT2D eigenvalue weighted by Crippen LogP contribution is 2.56. The average molecular weight is 859 g/mol. The fraction of sp³-hybridized carbons (Fsp3) is 0.400. The molecule has 6 aromatic rings. The molecule has 0 amide bonds. The zero-order chi connectivity index (χ0) is 45.2. The molecule has 0 saturated carbocycles. The molecular formula is C60H67BN2S. The number of aryl methyl sites for hydroxylation is 2. The quantitative estimate of drug-likeness (QED) is 0.160. The van der Waals surface area contributed by atoms with Crippen LogP contribution in [0.25, 0.3) is 21.2 Å². The molecule has 5 aliphatic rings. The molecule has 0 saturated heterocycles. The van der Waals surface area contributed by atoms with Crippen LogP contribution in [0.5, 0.6) is 0 Å². The summed E-state index contributed by atoms with van der Waals surface area (Å²) in [4.78, 5) is 5.51. The van der Waals surface area contributed by atoms with Crippen LogP contribution in [0.4, 0.5) is 22.7 Å². The van der Waals surface area contributed by atoms with Crippen molar-refractivity contribution in [1.82, 2.24) is 0 Å². The Labute approximate surface area is 388 Å². The maximum atomic E-state index is 2.76. The maximum Gasteiger partial charge on any atom is 0.264 e. The van der Waals surface area contributed by atoms with Crippen molar-refractivity contribution < 1.29 is 0 Å². The Morgan fingerprint density at radius 2 is 1.38 bits per heavy atom. The van der Waals surface area contributed by atoms with Crippen LogP contribution in [0.15, 0.2) is 114 Å². The molecule has 11 rings (SSSR count). The number of hydrogen-bond acceptors (Lipinski definition) is 3. The predicted molar refractivity (Wildman–Crippen MR) is 279 cm³/mol. The van der Waals surface area contributed by atoms with Crippen LogP contribution in [0.3, 0.4) is 0 Å². The molecule has 326 valence electrons. The predicted octanol–water partition coefficient (Wildman–Crippen LogP) is 15.4. The molecule has 2 nitrogen and oxygen atoms in total. The van der Waals surface area contributed by atoms with E-state index in [1.54, 1.807) is 0 Å². The van der Waals surface area contributed by atoms with Crippen molar-refractivity contribution in [3.63, 3.8) is 0 Å². The van der Waals surface area contributed by atoms with Crippen LogP contribution >= 0.6 is 11.3 Å². The van der Waals surface area contributed by atoms with E-state index in [0.29, 0.717) is 5.92 Å². The number of anilines is 4. The van der Waals surface area contributed by atoms with Gasteiger partial charge in [0.15, 0.2) is 0 Å². The van der Waals surface area contributed by atoms with Gasteiger partial charge in [-0.2, -0.15) is 0 Å².